The second-order valence-electron chi connectivity index (χ2n) is 7.85. The third-order valence-electron chi connectivity index (χ3n) is 5.14. The summed E-state index contributed by atoms with van der Waals surface area (Å²) in [5, 5.41) is 18.2. The van der Waals surface area contributed by atoms with E-state index in [1.807, 2.05) is 37.4 Å². The number of carbonyl (C=O) groups is 1. The van der Waals surface area contributed by atoms with Crippen molar-refractivity contribution in [3.05, 3.63) is 93.7 Å². The van der Waals surface area contributed by atoms with Gasteiger partial charge in [0, 0.05) is 6.42 Å². The second-order valence-corrected chi connectivity index (χ2v) is 7.85. The molecule has 0 bridgehead atoms. The van der Waals surface area contributed by atoms with Gasteiger partial charge in [0.2, 0.25) is 0 Å². The molecule has 1 fully saturated rings. The molecule has 1 N–H and O–H groups in total. The summed E-state index contributed by atoms with van der Waals surface area (Å²) in [4.78, 5) is 20.6. The highest BCUT2D eigenvalue weighted by Gasteiger charge is 2.30. The van der Waals surface area contributed by atoms with Crippen LogP contribution in [0.25, 0.3) is 0 Å². The summed E-state index contributed by atoms with van der Waals surface area (Å²) in [6.07, 6.45) is -3.13. The summed E-state index contributed by atoms with van der Waals surface area (Å²) in [5.41, 5.74) is 0.323. The van der Waals surface area contributed by atoms with Crippen LogP contribution in [0.15, 0.2) is 76.2 Å². The zero-order chi connectivity index (χ0) is 27.5. The summed E-state index contributed by atoms with van der Waals surface area (Å²) < 4.78 is 53.0. The van der Waals surface area contributed by atoms with E-state index in [2.05, 4.69) is 15.2 Å². The first-order valence-electron chi connectivity index (χ1n) is 11.4. The predicted molar refractivity (Wildman–Crippen MR) is 138 cm³/mol. The molecule has 14 heteroatoms. The Morgan fingerprint density at radius 2 is 1.85 bits per heavy atom. The summed E-state index contributed by atoms with van der Waals surface area (Å²) in [6, 6.07) is 17.0. The van der Waals surface area contributed by atoms with Crippen LogP contribution in [-0.4, -0.2) is 49.0 Å². The largest absolute Gasteiger partial charge is 0.486 e. The molecule has 210 valence electrons. The lowest BCUT2D eigenvalue weighted by Gasteiger charge is -2.20. The van der Waals surface area contributed by atoms with Crippen molar-refractivity contribution >= 4 is 30.6 Å². The molecule has 1 unspecified atom stereocenters. The molecule has 0 spiro atoms. The number of furan rings is 1. The Labute approximate surface area is 227 Å². The molecule has 0 saturated carbocycles. The van der Waals surface area contributed by atoms with Crippen molar-refractivity contribution in [1.29, 1.82) is 0 Å². The maximum Gasteiger partial charge on any atom is 0.433 e. The van der Waals surface area contributed by atoms with Crippen molar-refractivity contribution in [2.45, 2.75) is 18.7 Å². The average molecular weight is 571 g/mol. The summed E-state index contributed by atoms with van der Waals surface area (Å²) in [5.74, 6) is 0.259. The molecule has 0 aliphatic carbocycles. The van der Waals surface area contributed by atoms with Gasteiger partial charge in [0.1, 0.15) is 23.4 Å². The van der Waals surface area contributed by atoms with E-state index in [4.69, 9.17) is 9.15 Å². The molecule has 3 aromatic rings. The minimum Gasteiger partial charge on any atom is -0.486 e. The number of amides is 1. The highest BCUT2D eigenvalue weighted by Crippen LogP contribution is 2.31. The molecule has 1 amide bonds. The van der Waals surface area contributed by atoms with E-state index in [1.54, 1.807) is 0 Å². The zero-order valence-electron chi connectivity index (χ0n) is 20.7. The van der Waals surface area contributed by atoms with Gasteiger partial charge < -0.3 is 19.2 Å². The first-order valence-corrected chi connectivity index (χ1v) is 11.4. The van der Waals surface area contributed by atoms with Crippen molar-refractivity contribution < 1.29 is 36.8 Å². The van der Waals surface area contributed by atoms with Crippen LogP contribution < -0.4 is 10.1 Å². The third-order valence-corrected chi connectivity index (χ3v) is 5.14. The number of hydrogen-bond acceptors (Lipinski definition) is 8. The van der Waals surface area contributed by atoms with Crippen LogP contribution in [0.1, 0.15) is 29.4 Å². The maximum atomic E-state index is 12.6. The third kappa shape index (κ3) is 9.61. The smallest absolute Gasteiger partial charge is 0.433 e. The molecule has 1 aliphatic rings. The van der Waals surface area contributed by atoms with Gasteiger partial charge in [-0.2, -0.15) is 23.3 Å². The fourth-order valence-corrected chi connectivity index (χ4v) is 3.25. The van der Waals surface area contributed by atoms with E-state index in [1.165, 1.54) is 30.5 Å². The molecule has 4 rings (SSSR count). The molecule has 2 heterocycles. The number of hydrazone groups is 1. The lowest BCUT2D eigenvalue weighted by atomic mass is 10.1. The van der Waals surface area contributed by atoms with Crippen molar-refractivity contribution in [2.24, 2.45) is 5.10 Å². The maximum absolute atomic E-state index is 12.6. The van der Waals surface area contributed by atoms with Crippen molar-refractivity contribution in [3.8, 4) is 5.75 Å². The number of ether oxygens (including phenoxy) is 2. The van der Waals surface area contributed by atoms with Crippen LogP contribution in [0.3, 0.4) is 0 Å². The number of benzene rings is 2. The van der Waals surface area contributed by atoms with Crippen LogP contribution in [-0.2, 0) is 10.9 Å². The Kier molecular flexibility index (Phi) is 11.8. The Morgan fingerprint density at radius 1 is 1.15 bits per heavy atom. The zero-order valence-corrected chi connectivity index (χ0v) is 21.5. The summed E-state index contributed by atoms with van der Waals surface area (Å²) >= 11 is 0. The fourth-order valence-electron chi connectivity index (χ4n) is 3.25. The monoisotopic (exact) mass is 570 g/mol. The Bertz CT molecular complexity index is 1220. The molecule has 1 aromatic heterocycles. The van der Waals surface area contributed by atoms with Gasteiger partial charge in [-0.25, -0.2) is 4.79 Å². The Balaban J connectivity index is 0.000000279. The molecule has 39 heavy (non-hydrogen) atoms. The number of nitro groups is 1. The molecule has 0 radical (unpaired) electrons. The first-order chi connectivity index (χ1) is 18.2. The van der Waals surface area contributed by atoms with Gasteiger partial charge in [-0.15, -0.1) is 12.4 Å². The number of alkyl halides is 3. The first kappa shape index (κ1) is 31.1. The minimum atomic E-state index is -4.33. The van der Waals surface area contributed by atoms with Crippen LogP contribution in [0, 0.1) is 10.1 Å². The Morgan fingerprint density at radius 3 is 2.38 bits per heavy atom. The molecule has 1 atom stereocenters. The van der Waals surface area contributed by atoms with E-state index < -0.39 is 22.8 Å². The second kappa shape index (κ2) is 14.7. The molecule has 2 aromatic carbocycles. The average Bonchev–Trinajstić information content (AvgIpc) is 3.55. The van der Waals surface area contributed by atoms with Gasteiger partial charge in [0.15, 0.2) is 5.76 Å². The van der Waals surface area contributed by atoms with Crippen LogP contribution in [0.5, 0.6) is 5.75 Å². The number of hydrogen-bond donors (Lipinski definition) is 1. The van der Waals surface area contributed by atoms with Gasteiger partial charge in [0.25, 0.3) is 0 Å². The molecule has 1 saturated heterocycles. The normalized spacial score (nSPS) is 13.7. The molecular weight excluding hydrogens is 545 g/mol. The number of carbonyl (C=O) groups excluding carboxylic acids is 1. The minimum absolute atomic E-state index is 0. The van der Waals surface area contributed by atoms with Gasteiger partial charge >= 0.3 is 18.2 Å². The number of rotatable bonds is 9. The van der Waals surface area contributed by atoms with Gasteiger partial charge in [0.05, 0.1) is 24.4 Å². The highest BCUT2D eigenvalue weighted by molar-refractivity contribution is 5.85. The summed E-state index contributed by atoms with van der Waals surface area (Å²) in [6.45, 7) is 1.40. The fraction of sp³-hybridized carbons (Fsp3) is 0.280. The highest BCUT2D eigenvalue weighted by atomic mass is 35.5. The van der Waals surface area contributed by atoms with E-state index in [9.17, 15) is 28.1 Å². The van der Waals surface area contributed by atoms with Gasteiger partial charge in [-0.3, -0.25) is 10.1 Å². The molecule has 1 aliphatic heterocycles. The molecular formula is C25H26ClF3N4O6. The van der Waals surface area contributed by atoms with Crippen molar-refractivity contribution in [2.75, 3.05) is 26.7 Å². The van der Waals surface area contributed by atoms with Crippen molar-refractivity contribution in [3.63, 3.8) is 0 Å². The number of cyclic esters (lactones) is 1. The number of nitrogens with one attached hydrogen (secondary N) is 1. The lowest BCUT2D eigenvalue weighted by Crippen LogP contribution is -2.17. The predicted octanol–water partition coefficient (Wildman–Crippen LogP) is 5.83. The molecule has 10 nitrogen and oxygen atoms in total. The standard InChI is InChI=1S/C17H18F3NO.C8H7N3O5.ClH/c1-21-12-11-16(13-5-3-2-4-6-13)22-15-9-7-14(8-10-15)17(18,19)20;12-8-10(3-4-15-8)9-5-6-1-2-7(16-6)11(13)14;/h2-10,16,21H,11-12H2,1H3;1-2,5H,3-4H2;1H. The van der Waals surface area contributed by atoms with E-state index >= 15 is 0 Å². The van der Waals surface area contributed by atoms with E-state index in [-0.39, 0.29) is 36.8 Å². The van der Waals surface area contributed by atoms with Crippen LogP contribution in [0.4, 0.5) is 23.8 Å². The van der Waals surface area contributed by atoms with Gasteiger partial charge in [-0.1, -0.05) is 30.3 Å². The Hall–Kier alpha value is -4.10. The van der Waals surface area contributed by atoms with Crippen molar-refractivity contribution in [1.82, 2.24) is 10.3 Å². The van der Waals surface area contributed by atoms with Crippen LogP contribution >= 0.6 is 12.4 Å². The quantitative estimate of drug-likeness (QED) is 0.195. The SMILES string of the molecule is CNCCC(Oc1ccc(C(F)(F)F)cc1)c1ccccc1.Cl.O=C1OCCN1N=Cc1ccc([N+](=O)[O-])o1. The van der Waals surface area contributed by atoms with Crippen LogP contribution in [0.2, 0.25) is 0 Å². The number of nitrogens with zero attached hydrogens (tertiary/aromatic N) is 3. The topological polar surface area (TPSA) is 119 Å². The lowest BCUT2D eigenvalue weighted by molar-refractivity contribution is -0.402. The van der Waals surface area contributed by atoms with E-state index in [0.717, 1.165) is 35.7 Å². The number of halogens is 4. The summed E-state index contributed by atoms with van der Waals surface area (Å²) in [7, 11) is 1.85. The van der Waals surface area contributed by atoms with E-state index in [0.29, 0.717) is 12.3 Å². The van der Waals surface area contributed by atoms with Gasteiger partial charge in [-0.05, 0) is 49.5 Å².